The van der Waals surface area contributed by atoms with E-state index >= 15 is 0 Å². The van der Waals surface area contributed by atoms with Crippen molar-refractivity contribution in [2.45, 2.75) is 6.54 Å². The Hall–Kier alpha value is -3.35. The second-order valence-electron chi connectivity index (χ2n) is 5.29. The van der Waals surface area contributed by atoms with Crippen molar-refractivity contribution in [2.75, 3.05) is 19.5 Å². The van der Waals surface area contributed by atoms with E-state index in [1.54, 1.807) is 36.4 Å². The number of ether oxygens (including phenoxy) is 2. The summed E-state index contributed by atoms with van der Waals surface area (Å²) in [6.45, 7) is -0.115. The molecule has 0 saturated heterocycles. The van der Waals surface area contributed by atoms with Crippen LogP contribution in [0.25, 0.3) is 11.0 Å². The number of aromatic nitrogens is 2. The summed E-state index contributed by atoms with van der Waals surface area (Å²) in [5, 5.41) is 2.75. The van der Waals surface area contributed by atoms with Crippen molar-refractivity contribution in [1.29, 1.82) is 0 Å². The molecule has 1 amide bonds. The lowest BCUT2D eigenvalue weighted by atomic mass is 10.2. The van der Waals surface area contributed by atoms with Gasteiger partial charge in [0.25, 0.3) is 5.56 Å². The predicted molar refractivity (Wildman–Crippen MR) is 94.2 cm³/mol. The minimum atomic E-state index is -0.332. The fourth-order valence-corrected chi connectivity index (χ4v) is 2.54. The van der Waals surface area contributed by atoms with Crippen molar-refractivity contribution >= 4 is 22.6 Å². The third-order valence-corrected chi connectivity index (χ3v) is 3.72. The molecule has 3 aromatic rings. The molecule has 128 valence electrons. The van der Waals surface area contributed by atoms with Gasteiger partial charge in [0, 0.05) is 11.8 Å². The Balaban J connectivity index is 1.84. The average Bonchev–Trinajstić information content (AvgIpc) is 2.64. The Morgan fingerprint density at radius 1 is 1.12 bits per heavy atom. The molecule has 1 N–H and O–H groups in total. The Morgan fingerprint density at radius 2 is 1.88 bits per heavy atom. The first-order valence-corrected chi connectivity index (χ1v) is 7.59. The fraction of sp³-hybridized carbons (Fsp3) is 0.167. The SMILES string of the molecule is COc1ccc(NC(=O)Cn2c(=O)cnc3ccccc32)cc1OC. The number of hydrogen-bond donors (Lipinski definition) is 1. The molecule has 7 nitrogen and oxygen atoms in total. The van der Waals surface area contributed by atoms with E-state index in [4.69, 9.17) is 9.47 Å². The van der Waals surface area contributed by atoms with Crippen molar-refractivity contribution in [3.8, 4) is 11.5 Å². The van der Waals surface area contributed by atoms with Gasteiger partial charge in [-0.15, -0.1) is 0 Å². The zero-order valence-electron chi connectivity index (χ0n) is 13.9. The second kappa shape index (κ2) is 7.04. The van der Waals surface area contributed by atoms with Crippen LogP contribution in [0.4, 0.5) is 5.69 Å². The van der Waals surface area contributed by atoms with E-state index in [1.807, 2.05) is 6.07 Å². The molecule has 0 fully saturated rings. The molecular formula is C18H17N3O4. The van der Waals surface area contributed by atoms with E-state index in [-0.39, 0.29) is 18.0 Å². The number of nitrogens with zero attached hydrogens (tertiary/aromatic N) is 2. The van der Waals surface area contributed by atoms with Crippen LogP contribution in [-0.4, -0.2) is 29.7 Å². The molecular weight excluding hydrogens is 322 g/mol. The molecule has 0 radical (unpaired) electrons. The molecule has 0 aliphatic carbocycles. The van der Waals surface area contributed by atoms with Crippen molar-refractivity contribution in [1.82, 2.24) is 9.55 Å². The number of anilines is 1. The molecule has 0 saturated carbocycles. The molecule has 1 aromatic heterocycles. The van der Waals surface area contributed by atoms with E-state index in [2.05, 4.69) is 10.3 Å². The molecule has 1 heterocycles. The number of hydrogen-bond acceptors (Lipinski definition) is 5. The molecule has 0 spiro atoms. The summed E-state index contributed by atoms with van der Waals surface area (Å²) < 4.78 is 11.8. The highest BCUT2D eigenvalue weighted by molar-refractivity contribution is 5.91. The third-order valence-electron chi connectivity index (χ3n) is 3.72. The second-order valence-corrected chi connectivity index (χ2v) is 5.29. The summed E-state index contributed by atoms with van der Waals surface area (Å²) in [6.07, 6.45) is 1.21. The van der Waals surface area contributed by atoms with E-state index in [9.17, 15) is 9.59 Å². The Morgan fingerprint density at radius 3 is 2.64 bits per heavy atom. The maximum Gasteiger partial charge on any atom is 0.269 e. The van der Waals surface area contributed by atoms with Crippen molar-refractivity contribution in [3.05, 3.63) is 59.0 Å². The van der Waals surface area contributed by atoms with Gasteiger partial charge in [0.2, 0.25) is 5.91 Å². The zero-order chi connectivity index (χ0) is 17.8. The zero-order valence-corrected chi connectivity index (χ0v) is 13.9. The number of carbonyl (C=O) groups is 1. The lowest BCUT2D eigenvalue weighted by Crippen LogP contribution is -2.28. The van der Waals surface area contributed by atoms with Gasteiger partial charge in [-0.25, -0.2) is 4.98 Å². The van der Waals surface area contributed by atoms with Crippen LogP contribution in [0.2, 0.25) is 0 Å². The van der Waals surface area contributed by atoms with Crippen molar-refractivity contribution < 1.29 is 14.3 Å². The number of para-hydroxylation sites is 2. The molecule has 0 aliphatic rings. The monoisotopic (exact) mass is 339 g/mol. The van der Waals surface area contributed by atoms with Crippen molar-refractivity contribution in [3.63, 3.8) is 0 Å². The predicted octanol–water partition coefficient (Wildman–Crippen LogP) is 2.05. The van der Waals surface area contributed by atoms with Gasteiger partial charge in [-0.3, -0.25) is 14.2 Å². The Bertz CT molecular complexity index is 981. The smallest absolute Gasteiger partial charge is 0.269 e. The van der Waals surface area contributed by atoms with Crippen LogP contribution >= 0.6 is 0 Å². The normalized spacial score (nSPS) is 10.5. The van der Waals surface area contributed by atoms with Crippen LogP contribution in [0.1, 0.15) is 0 Å². The molecule has 2 aromatic carbocycles. The average molecular weight is 339 g/mol. The van der Waals surface area contributed by atoms with Gasteiger partial charge >= 0.3 is 0 Å². The first kappa shape index (κ1) is 16.5. The van der Waals surface area contributed by atoms with Crippen LogP contribution in [0, 0.1) is 0 Å². The number of nitrogens with one attached hydrogen (secondary N) is 1. The van der Waals surface area contributed by atoms with Crippen LogP contribution in [0.5, 0.6) is 11.5 Å². The standard InChI is InChI=1S/C18H17N3O4/c1-24-15-8-7-12(9-16(15)25-2)20-17(22)11-21-14-6-4-3-5-13(14)19-10-18(21)23/h3-10H,11H2,1-2H3,(H,20,22). The van der Waals surface area contributed by atoms with Gasteiger partial charge in [-0.05, 0) is 24.3 Å². The molecule has 3 rings (SSSR count). The lowest BCUT2D eigenvalue weighted by Gasteiger charge is -2.12. The van der Waals surface area contributed by atoms with Gasteiger partial charge in [-0.1, -0.05) is 12.1 Å². The van der Waals surface area contributed by atoms with Crippen LogP contribution in [0.15, 0.2) is 53.5 Å². The van der Waals surface area contributed by atoms with E-state index in [1.165, 1.54) is 25.0 Å². The summed E-state index contributed by atoms with van der Waals surface area (Å²) in [4.78, 5) is 28.5. The Kier molecular flexibility index (Phi) is 4.65. The summed E-state index contributed by atoms with van der Waals surface area (Å²) in [5.74, 6) is 0.745. The third kappa shape index (κ3) is 3.45. The van der Waals surface area contributed by atoms with Gasteiger partial charge < -0.3 is 14.8 Å². The van der Waals surface area contributed by atoms with E-state index in [0.29, 0.717) is 28.2 Å². The summed E-state index contributed by atoms with van der Waals surface area (Å²) in [5.41, 5.74) is 1.48. The van der Waals surface area contributed by atoms with E-state index in [0.717, 1.165) is 0 Å². The highest BCUT2D eigenvalue weighted by atomic mass is 16.5. The van der Waals surface area contributed by atoms with Gasteiger partial charge in [0.05, 0.1) is 31.4 Å². The maximum atomic E-state index is 12.4. The molecule has 0 aliphatic heterocycles. The van der Waals surface area contributed by atoms with Gasteiger partial charge in [-0.2, -0.15) is 0 Å². The molecule has 0 unspecified atom stereocenters. The number of benzene rings is 2. The largest absolute Gasteiger partial charge is 0.493 e. The summed E-state index contributed by atoms with van der Waals surface area (Å²) in [6, 6.07) is 12.2. The number of methoxy groups -OCH3 is 2. The Labute approximate surface area is 143 Å². The highest BCUT2D eigenvalue weighted by Crippen LogP contribution is 2.29. The van der Waals surface area contributed by atoms with Crippen molar-refractivity contribution in [2.24, 2.45) is 0 Å². The number of carbonyl (C=O) groups excluding carboxylic acids is 1. The first-order valence-electron chi connectivity index (χ1n) is 7.59. The molecule has 7 heteroatoms. The summed E-state index contributed by atoms with van der Waals surface area (Å²) >= 11 is 0. The fourth-order valence-electron chi connectivity index (χ4n) is 2.54. The molecule has 25 heavy (non-hydrogen) atoms. The quantitative estimate of drug-likeness (QED) is 0.769. The molecule has 0 bridgehead atoms. The summed E-state index contributed by atoms with van der Waals surface area (Å²) in [7, 11) is 3.06. The van der Waals surface area contributed by atoms with Gasteiger partial charge in [0.15, 0.2) is 11.5 Å². The maximum absolute atomic E-state index is 12.4. The topological polar surface area (TPSA) is 82.5 Å². The molecule has 0 atom stereocenters. The minimum absolute atomic E-state index is 0.115. The van der Waals surface area contributed by atoms with Crippen LogP contribution in [-0.2, 0) is 11.3 Å². The van der Waals surface area contributed by atoms with Gasteiger partial charge in [0.1, 0.15) is 6.54 Å². The number of rotatable bonds is 5. The van der Waals surface area contributed by atoms with E-state index < -0.39 is 0 Å². The van der Waals surface area contributed by atoms with Crippen LogP contribution in [0.3, 0.4) is 0 Å². The number of amides is 1. The highest BCUT2D eigenvalue weighted by Gasteiger charge is 2.11. The van der Waals surface area contributed by atoms with Crippen LogP contribution < -0.4 is 20.3 Å². The number of fused-ring (bicyclic) bond motifs is 1. The first-order chi connectivity index (χ1) is 12.1. The minimum Gasteiger partial charge on any atom is -0.493 e. The lowest BCUT2D eigenvalue weighted by molar-refractivity contribution is -0.116.